The molecule has 0 bridgehead atoms. The van der Waals surface area contributed by atoms with Gasteiger partial charge in [0.2, 0.25) is 0 Å². The summed E-state index contributed by atoms with van der Waals surface area (Å²) in [6, 6.07) is 8.88. The number of phenols is 1. The largest absolute Gasteiger partial charge is 0.507 e. The zero-order valence-corrected chi connectivity index (χ0v) is 13.1. The lowest BCUT2D eigenvalue weighted by molar-refractivity contribution is 0.0696. The van der Waals surface area contributed by atoms with Crippen molar-refractivity contribution in [2.45, 2.75) is 0 Å². The normalized spacial score (nSPS) is 10.6. The first kappa shape index (κ1) is 17.1. The summed E-state index contributed by atoms with van der Waals surface area (Å²) in [5, 5.41) is 18.9. The maximum Gasteiger partial charge on any atom is 0.335 e. The van der Waals surface area contributed by atoms with E-state index in [2.05, 4.69) is 0 Å². The fourth-order valence-corrected chi connectivity index (χ4v) is 2.09. The van der Waals surface area contributed by atoms with Crippen LogP contribution in [0.25, 0.3) is 6.08 Å². The summed E-state index contributed by atoms with van der Waals surface area (Å²) in [6.07, 6.45) is 2.80. The maximum atomic E-state index is 12.3. The summed E-state index contributed by atoms with van der Waals surface area (Å²) in [6.45, 7) is 0. The van der Waals surface area contributed by atoms with Gasteiger partial charge in [-0.25, -0.2) is 4.79 Å². The average Bonchev–Trinajstić information content (AvgIpc) is 2.59. The highest BCUT2D eigenvalue weighted by Crippen LogP contribution is 2.33. The number of hydrogen-bond acceptors (Lipinski definition) is 5. The molecular weight excluding hydrogens is 312 g/mol. The molecule has 0 fully saturated rings. The Morgan fingerprint density at radius 3 is 2.25 bits per heavy atom. The van der Waals surface area contributed by atoms with Crippen molar-refractivity contribution in [3.05, 3.63) is 59.2 Å². The number of aromatic carboxylic acids is 1. The van der Waals surface area contributed by atoms with Gasteiger partial charge in [-0.05, 0) is 23.8 Å². The highest BCUT2D eigenvalue weighted by atomic mass is 16.5. The zero-order valence-electron chi connectivity index (χ0n) is 13.1. The lowest BCUT2D eigenvalue weighted by atomic mass is 10.1. The van der Waals surface area contributed by atoms with Crippen LogP contribution >= 0.6 is 0 Å². The van der Waals surface area contributed by atoms with Crippen LogP contribution in [-0.4, -0.2) is 36.2 Å². The number of allylic oxidation sites excluding steroid dienone is 1. The third-order valence-corrected chi connectivity index (χ3v) is 3.34. The molecule has 6 nitrogen and oxygen atoms in total. The molecule has 6 heteroatoms. The van der Waals surface area contributed by atoms with E-state index in [1.165, 1.54) is 50.6 Å². The summed E-state index contributed by atoms with van der Waals surface area (Å²) >= 11 is 0. The number of ether oxygens (including phenoxy) is 2. The molecule has 0 radical (unpaired) electrons. The molecule has 2 rings (SSSR count). The molecule has 2 N–H and O–H groups in total. The molecule has 2 aromatic rings. The van der Waals surface area contributed by atoms with Crippen molar-refractivity contribution in [2.24, 2.45) is 0 Å². The highest BCUT2D eigenvalue weighted by molar-refractivity contribution is 6.10. The second-order valence-electron chi connectivity index (χ2n) is 4.85. The van der Waals surface area contributed by atoms with Gasteiger partial charge in [0.1, 0.15) is 22.8 Å². The van der Waals surface area contributed by atoms with Crippen LogP contribution in [0.2, 0.25) is 0 Å². The molecule has 0 amide bonds. The summed E-state index contributed by atoms with van der Waals surface area (Å²) < 4.78 is 10.1. The number of phenolic OH excluding ortho intramolecular Hbond substituents is 1. The van der Waals surface area contributed by atoms with E-state index < -0.39 is 11.8 Å². The van der Waals surface area contributed by atoms with E-state index in [1.807, 2.05) is 0 Å². The molecule has 0 aliphatic heterocycles. The van der Waals surface area contributed by atoms with Gasteiger partial charge in [-0.1, -0.05) is 18.2 Å². The van der Waals surface area contributed by atoms with Crippen molar-refractivity contribution in [2.75, 3.05) is 14.2 Å². The molecule has 0 aliphatic rings. The van der Waals surface area contributed by atoms with Crippen LogP contribution < -0.4 is 9.47 Å². The topological polar surface area (TPSA) is 93.1 Å². The van der Waals surface area contributed by atoms with Gasteiger partial charge < -0.3 is 19.7 Å². The Morgan fingerprint density at radius 2 is 1.71 bits per heavy atom. The summed E-state index contributed by atoms with van der Waals surface area (Å²) in [4.78, 5) is 23.1. The SMILES string of the molecule is COc1cc(O)c(C(=O)/C=C/c2ccc(C(=O)O)cc2)c(OC)c1. The van der Waals surface area contributed by atoms with Crippen LogP contribution in [0.3, 0.4) is 0 Å². The fraction of sp³-hybridized carbons (Fsp3) is 0.111. The number of carboxylic acid groups (broad SMARTS) is 1. The van der Waals surface area contributed by atoms with Crippen molar-refractivity contribution < 1.29 is 29.3 Å². The fourth-order valence-electron chi connectivity index (χ4n) is 2.09. The Hall–Kier alpha value is -3.28. The Labute approximate surface area is 138 Å². The number of hydrogen-bond donors (Lipinski definition) is 2. The quantitative estimate of drug-likeness (QED) is 0.625. The van der Waals surface area contributed by atoms with Crippen LogP contribution in [-0.2, 0) is 0 Å². The summed E-state index contributed by atoms with van der Waals surface area (Å²) in [5.74, 6) is -1.15. The number of rotatable bonds is 6. The third kappa shape index (κ3) is 3.73. The summed E-state index contributed by atoms with van der Waals surface area (Å²) in [5.41, 5.74) is 0.838. The minimum atomic E-state index is -1.02. The molecular formula is C18H16O6. The average molecular weight is 328 g/mol. The number of benzene rings is 2. The van der Waals surface area contributed by atoms with Crippen molar-refractivity contribution in [1.29, 1.82) is 0 Å². The molecule has 0 atom stereocenters. The molecule has 24 heavy (non-hydrogen) atoms. The molecule has 0 aromatic heterocycles. The van der Waals surface area contributed by atoms with Gasteiger partial charge in [-0.15, -0.1) is 0 Å². The van der Waals surface area contributed by atoms with Gasteiger partial charge in [0.25, 0.3) is 0 Å². The lowest BCUT2D eigenvalue weighted by Gasteiger charge is -2.10. The smallest absolute Gasteiger partial charge is 0.335 e. The summed E-state index contributed by atoms with van der Waals surface area (Å²) in [7, 11) is 2.83. The van der Waals surface area contributed by atoms with E-state index in [1.54, 1.807) is 12.1 Å². The Balaban J connectivity index is 2.27. The van der Waals surface area contributed by atoms with E-state index >= 15 is 0 Å². The molecule has 0 saturated heterocycles. The highest BCUT2D eigenvalue weighted by Gasteiger charge is 2.17. The first-order valence-corrected chi connectivity index (χ1v) is 6.97. The molecule has 0 unspecified atom stereocenters. The molecule has 0 heterocycles. The van der Waals surface area contributed by atoms with E-state index in [4.69, 9.17) is 14.6 Å². The molecule has 0 spiro atoms. The van der Waals surface area contributed by atoms with Crippen LogP contribution in [0.5, 0.6) is 17.2 Å². The van der Waals surface area contributed by atoms with Gasteiger partial charge in [-0.2, -0.15) is 0 Å². The Bertz CT molecular complexity index is 790. The van der Waals surface area contributed by atoms with E-state index in [9.17, 15) is 14.7 Å². The lowest BCUT2D eigenvalue weighted by Crippen LogP contribution is -2.00. The zero-order chi connectivity index (χ0) is 17.7. The van der Waals surface area contributed by atoms with Gasteiger partial charge in [0.15, 0.2) is 5.78 Å². The van der Waals surface area contributed by atoms with Crippen molar-refractivity contribution in [1.82, 2.24) is 0 Å². The number of methoxy groups -OCH3 is 2. The number of carbonyl (C=O) groups is 2. The predicted octanol–water partition coefficient (Wildman–Crippen LogP) is 3.00. The standard InChI is InChI=1S/C18H16O6/c1-23-13-9-15(20)17(16(10-13)24-2)14(19)8-5-11-3-6-12(7-4-11)18(21)22/h3-10,20H,1-2H3,(H,21,22)/b8-5+. The van der Waals surface area contributed by atoms with Crippen LogP contribution in [0, 0.1) is 0 Å². The van der Waals surface area contributed by atoms with E-state index in [0.29, 0.717) is 11.3 Å². The van der Waals surface area contributed by atoms with Gasteiger partial charge in [-0.3, -0.25) is 4.79 Å². The first-order chi connectivity index (χ1) is 11.5. The monoisotopic (exact) mass is 328 g/mol. The maximum absolute atomic E-state index is 12.3. The predicted molar refractivity (Wildman–Crippen MR) is 88.0 cm³/mol. The molecule has 2 aromatic carbocycles. The van der Waals surface area contributed by atoms with Crippen molar-refractivity contribution >= 4 is 17.8 Å². The van der Waals surface area contributed by atoms with Crippen LogP contribution in [0.1, 0.15) is 26.3 Å². The minimum Gasteiger partial charge on any atom is -0.507 e. The van der Waals surface area contributed by atoms with Crippen molar-refractivity contribution in [3.63, 3.8) is 0 Å². The number of ketones is 1. The second kappa shape index (κ2) is 7.32. The Kier molecular flexibility index (Phi) is 5.21. The van der Waals surface area contributed by atoms with E-state index in [-0.39, 0.29) is 22.6 Å². The number of aromatic hydroxyl groups is 1. The Morgan fingerprint density at radius 1 is 1.04 bits per heavy atom. The third-order valence-electron chi connectivity index (χ3n) is 3.34. The number of carbonyl (C=O) groups excluding carboxylic acids is 1. The van der Waals surface area contributed by atoms with Crippen LogP contribution in [0.15, 0.2) is 42.5 Å². The van der Waals surface area contributed by atoms with Gasteiger partial charge in [0.05, 0.1) is 19.8 Å². The second-order valence-corrected chi connectivity index (χ2v) is 4.85. The van der Waals surface area contributed by atoms with E-state index in [0.717, 1.165) is 0 Å². The molecule has 0 aliphatic carbocycles. The first-order valence-electron chi connectivity index (χ1n) is 6.97. The van der Waals surface area contributed by atoms with Gasteiger partial charge in [0, 0.05) is 12.1 Å². The molecule has 0 saturated carbocycles. The van der Waals surface area contributed by atoms with Crippen molar-refractivity contribution in [3.8, 4) is 17.2 Å². The van der Waals surface area contributed by atoms with Crippen LogP contribution in [0.4, 0.5) is 0 Å². The minimum absolute atomic E-state index is 0.0247. The van der Waals surface area contributed by atoms with Gasteiger partial charge >= 0.3 is 5.97 Å². The molecule has 124 valence electrons. The number of carboxylic acids is 1.